The average molecular weight is 279 g/mol. The molecule has 112 valence electrons. The molecule has 0 aromatic heterocycles. The Morgan fingerprint density at radius 1 is 1.25 bits per heavy atom. The fourth-order valence-electron chi connectivity index (χ4n) is 2.49. The third kappa shape index (κ3) is 5.31. The Balaban J connectivity index is 2.54. The SMILES string of the molecule is CCCC(O)(CCC)CNCc1cccc(C(=O)O)c1. The number of hydrogen-bond donors (Lipinski definition) is 3. The van der Waals surface area contributed by atoms with Crippen molar-refractivity contribution in [2.45, 2.75) is 51.7 Å². The molecule has 3 N–H and O–H groups in total. The Hall–Kier alpha value is -1.39. The Labute approximate surface area is 120 Å². The molecule has 1 aromatic rings. The van der Waals surface area contributed by atoms with Gasteiger partial charge in [-0.1, -0.05) is 38.8 Å². The van der Waals surface area contributed by atoms with E-state index in [4.69, 9.17) is 5.11 Å². The van der Waals surface area contributed by atoms with Crippen LogP contribution in [-0.4, -0.2) is 28.3 Å². The first-order valence-corrected chi connectivity index (χ1v) is 7.26. The first-order valence-electron chi connectivity index (χ1n) is 7.26. The lowest BCUT2D eigenvalue weighted by Crippen LogP contribution is -2.40. The van der Waals surface area contributed by atoms with Gasteiger partial charge in [-0.25, -0.2) is 4.79 Å². The predicted molar refractivity (Wildman–Crippen MR) is 79.9 cm³/mol. The fourth-order valence-corrected chi connectivity index (χ4v) is 2.49. The lowest BCUT2D eigenvalue weighted by atomic mass is 9.92. The molecule has 0 saturated heterocycles. The number of hydrogen-bond acceptors (Lipinski definition) is 3. The summed E-state index contributed by atoms with van der Waals surface area (Å²) >= 11 is 0. The summed E-state index contributed by atoms with van der Waals surface area (Å²) in [5, 5.41) is 22.7. The molecule has 0 unspecified atom stereocenters. The molecule has 4 nitrogen and oxygen atoms in total. The van der Waals surface area contributed by atoms with Crippen molar-refractivity contribution in [3.8, 4) is 0 Å². The van der Waals surface area contributed by atoms with Crippen LogP contribution in [-0.2, 0) is 6.54 Å². The molecule has 0 radical (unpaired) electrons. The van der Waals surface area contributed by atoms with Crippen LogP contribution in [0.3, 0.4) is 0 Å². The van der Waals surface area contributed by atoms with Crippen molar-refractivity contribution >= 4 is 5.97 Å². The van der Waals surface area contributed by atoms with E-state index in [2.05, 4.69) is 19.2 Å². The highest BCUT2D eigenvalue weighted by atomic mass is 16.4. The minimum Gasteiger partial charge on any atom is -0.478 e. The summed E-state index contributed by atoms with van der Waals surface area (Å²) in [6.45, 7) is 5.23. The van der Waals surface area contributed by atoms with Crippen LogP contribution in [0.15, 0.2) is 24.3 Å². The Morgan fingerprint density at radius 2 is 1.90 bits per heavy atom. The summed E-state index contributed by atoms with van der Waals surface area (Å²) in [7, 11) is 0. The van der Waals surface area contributed by atoms with Crippen molar-refractivity contribution in [2.24, 2.45) is 0 Å². The Bertz CT molecular complexity index is 425. The zero-order valence-electron chi connectivity index (χ0n) is 12.4. The van der Waals surface area contributed by atoms with Crippen LogP contribution in [0.1, 0.15) is 55.5 Å². The molecule has 0 fully saturated rings. The number of carbonyl (C=O) groups is 1. The summed E-state index contributed by atoms with van der Waals surface area (Å²) in [6, 6.07) is 6.87. The average Bonchev–Trinajstić information content (AvgIpc) is 2.39. The van der Waals surface area contributed by atoms with Gasteiger partial charge in [-0.2, -0.15) is 0 Å². The molecule has 0 aliphatic heterocycles. The van der Waals surface area contributed by atoms with E-state index in [9.17, 15) is 9.90 Å². The summed E-state index contributed by atoms with van der Waals surface area (Å²) in [5.74, 6) is -0.916. The van der Waals surface area contributed by atoms with Crippen LogP contribution in [0.25, 0.3) is 0 Å². The Kier molecular flexibility index (Phi) is 6.68. The van der Waals surface area contributed by atoms with Gasteiger partial charge in [-0.3, -0.25) is 0 Å². The lowest BCUT2D eigenvalue weighted by Gasteiger charge is -2.28. The van der Waals surface area contributed by atoms with Gasteiger partial charge >= 0.3 is 5.97 Å². The van der Waals surface area contributed by atoms with Gasteiger partial charge < -0.3 is 15.5 Å². The monoisotopic (exact) mass is 279 g/mol. The van der Waals surface area contributed by atoms with E-state index in [0.717, 1.165) is 31.2 Å². The quantitative estimate of drug-likeness (QED) is 0.650. The maximum Gasteiger partial charge on any atom is 0.335 e. The van der Waals surface area contributed by atoms with E-state index in [1.54, 1.807) is 18.2 Å². The van der Waals surface area contributed by atoms with Crippen LogP contribution in [0.5, 0.6) is 0 Å². The number of nitrogens with one attached hydrogen (secondary N) is 1. The van der Waals surface area contributed by atoms with Crippen molar-refractivity contribution in [3.63, 3.8) is 0 Å². The zero-order chi connectivity index (χ0) is 15.0. The number of carboxylic acid groups (broad SMARTS) is 1. The Morgan fingerprint density at radius 3 is 2.45 bits per heavy atom. The first-order chi connectivity index (χ1) is 9.50. The van der Waals surface area contributed by atoms with Crippen LogP contribution >= 0.6 is 0 Å². The minimum atomic E-state index is -0.916. The second-order valence-electron chi connectivity index (χ2n) is 5.33. The standard InChI is InChI=1S/C16H25NO3/c1-3-8-16(20,9-4-2)12-17-11-13-6-5-7-14(10-13)15(18)19/h5-7,10,17,20H,3-4,8-9,11-12H2,1-2H3,(H,18,19). The molecule has 0 aliphatic rings. The molecule has 20 heavy (non-hydrogen) atoms. The normalized spacial score (nSPS) is 11.6. The number of carboxylic acids is 1. The maximum atomic E-state index is 10.9. The van der Waals surface area contributed by atoms with Crippen molar-refractivity contribution in [3.05, 3.63) is 35.4 Å². The van der Waals surface area contributed by atoms with Crippen LogP contribution < -0.4 is 5.32 Å². The van der Waals surface area contributed by atoms with Gasteiger partial charge in [-0.15, -0.1) is 0 Å². The minimum absolute atomic E-state index is 0.293. The van der Waals surface area contributed by atoms with Crippen molar-refractivity contribution < 1.29 is 15.0 Å². The second-order valence-corrected chi connectivity index (χ2v) is 5.33. The molecule has 0 aliphatic carbocycles. The van der Waals surface area contributed by atoms with Gasteiger partial charge in [0.15, 0.2) is 0 Å². The lowest BCUT2D eigenvalue weighted by molar-refractivity contribution is 0.0214. The largest absolute Gasteiger partial charge is 0.478 e. The van der Waals surface area contributed by atoms with Gasteiger partial charge in [-0.05, 0) is 30.5 Å². The maximum absolute atomic E-state index is 10.9. The highest BCUT2D eigenvalue weighted by Crippen LogP contribution is 2.18. The summed E-state index contributed by atoms with van der Waals surface area (Å²) in [6.07, 6.45) is 3.46. The van der Waals surface area contributed by atoms with Crippen LogP contribution in [0.2, 0.25) is 0 Å². The molecule has 0 bridgehead atoms. The fraction of sp³-hybridized carbons (Fsp3) is 0.562. The van der Waals surface area contributed by atoms with Gasteiger partial charge in [0.1, 0.15) is 0 Å². The molecule has 0 spiro atoms. The molecule has 0 heterocycles. The predicted octanol–water partition coefficient (Wildman–Crippen LogP) is 2.81. The topological polar surface area (TPSA) is 69.6 Å². The molecule has 0 atom stereocenters. The van der Waals surface area contributed by atoms with Crippen LogP contribution in [0, 0.1) is 0 Å². The zero-order valence-corrected chi connectivity index (χ0v) is 12.4. The van der Waals surface area contributed by atoms with E-state index in [1.807, 2.05) is 6.07 Å². The molecule has 1 rings (SSSR count). The first kappa shape index (κ1) is 16.7. The molecular weight excluding hydrogens is 254 g/mol. The van der Waals surface area contributed by atoms with E-state index in [0.29, 0.717) is 18.7 Å². The van der Waals surface area contributed by atoms with Gasteiger partial charge in [0.25, 0.3) is 0 Å². The highest BCUT2D eigenvalue weighted by molar-refractivity contribution is 5.87. The molecule has 1 aromatic carbocycles. The van der Waals surface area contributed by atoms with Crippen LogP contribution in [0.4, 0.5) is 0 Å². The van der Waals surface area contributed by atoms with Crippen molar-refractivity contribution in [1.29, 1.82) is 0 Å². The highest BCUT2D eigenvalue weighted by Gasteiger charge is 2.23. The number of aliphatic hydroxyl groups is 1. The molecule has 0 saturated carbocycles. The van der Waals surface area contributed by atoms with Gasteiger partial charge in [0, 0.05) is 13.1 Å². The molecular formula is C16H25NO3. The summed E-state index contributed by atoms with van der Waals surface area (Å²) in [4.78, 5) is 10.9. The number of aromatic carboxylic acids is 1. The smallest absolute Gasteiger partial charge is 0.335 e. The van der Waals surface area contributed by atoms with E-state index in [1.165, 1.54) is 0 Å². The van der Waals surface area contributed by atoms with Gasteiger partial charge in [0.05, 0.1) is 11.2 Å². The third-order valence-corrected chi connectivity index (χ3v) is 3.39. The van der Waals surface area contributed by atoms with Crippen molar-refractivity contribution in [1.82, 2.24) is 5.32 Å². The van der Waals surface area contributed by atoms with Crippen molar-refractivity contribution in [2.75, 3.05) is 6.54 Å². The molecule has 0 amide bonds. The third-order valence-electron chi connectivity index (χ3n) is 3.39. The van der Waals surface area contributed by atoms with Gasteiger partial charge in [0.2, 0.25) is 0 Å². The summed E-state index contributed by atoms with van der Waals surface area (Å²) < 4.78 is 0. The number of rotatable bonds is 9. The van der Waals surface area contributed by atoms with E-state index in [-0.39, 0.29) is 0 Å². The molecule has 4 heteroatoms. The van der Waals surface area contributed by atoms with E-state index >= 15 is 0 Å². The summed E-state index contributed by atoms with van der Waals surface area (Å²) in [5.41, 5.74) is 0.551. The second kappa shape index (κ2) is 8.02. The van der Waals surface area contributed by atoms with E-state index < -0.39 is 11.6 Å². The number of benzene rings is 1.